The van der Waals surface area contributed by atoms with Gasteiger partial charge in [-0.2, -0.15) is 0 Å². The van der Waals surface area contributed by atoms with Crippen LogP contribution in [0.2, 0.25) is 0 Å². The van der Waals surface area contributed by atoms with E-state index in [0.29, 0.717) is 24.6 Å². The van der Waals surface area contributed by atoms with Gasteiger partial charge in [-0.05, 0) is 38.1 Å². The fraction of sp³-hybridized carbons (Fsp3) is 0.412. The molecule has 6 heteroatoms. The summed E-state index contributed by atoms with van der Waals surface area (Å²) in [6.45, 7) is 6.57. The van der Waals surface area contributed by atoms with Gasteiger partial charge >= 0.3 is 0 Å². The topological polar surface area (TPSA) is 67.6 Å². The van der Waals surface area contributed by atoms with Gasteiger partial charge in [0.1, 0.15) is 17.3 Å². The van der Waals surface area contributed by atoms with Crippen molar-refractivity contribution in [2.45, 2.75) is 19.9 Å². The number of furan rings is 1. The predicted molar refractivity (Wildman–Crippen MR) is 86.6 cm³/mol. The number of anilines is 1. The molecule has 1 amide bonds. The zero-order valence-corrected chi connectivity index (χ0v) is 13.4. The number of nitrogens with zero attached hydrogens (tertiary/aromatic N) is 2. The van der Waals surface area contributed by atoms with Gasteiger partial charge in [-0.15, -0.1) is 0 Å². The number of aryl methyl sites for hydroxylation is 1. The highest BCUT2D eigenvalue weighted by Crippen LogP contribution is 2.21. The number of hydrogen-bond donors (Lipinski definition) is 1. The molecule has 23 heavy (non-hydrogen) atoms. The Hall–Kier alpha value is -2.34. The quantitative estimate of drug-likeness (QED) is 0.938. The van der Waals surface area contributed by atoms with Gasteiger partial charge in [-0.1, -0.05) is 0 Å². The number of amides is 1. The molecule has 1 saturated heterocycles. The molecule has 1 N–H and O–H groups in total. The largest absolute Gasteiger partial charge is 0.464 e. The highest BCUT2D eigenvalue weighted by atomic mass is 16.5. The molecule has 122 valence electrons. The van der Waals surface area contributed by atoms with Crippen LogP contribution in [0.1, 0.15) is 34.8 Å². The third-order valence-corrected chi connectivity index (χ3v) is 3.88. The van der Waals surface area contributed by atoms with E-state index in [9.17, 15) is 4.79 Å². The van der Waals surface area contributed by atoms with Crippen LogP contribution in [0.4, 0.5) is 5.82 Å². The SMILES string of the molecule is Cc1ccc(C(C)NC(=O)c2cccnc2N2CCOCC2)o1. The third-order valence-electron chi connectivity index (χ3n) is 3.88. The molecule has 1 unspecified atom stereocenters. The first kappa shape index (κ1) is 15.6. The van der Waals surface area contributed by atoms with E-state index in [-0.39, 0.29) is 11.9 Å². The minimum atomic E-state index is -0.200. The monoisotopic (exact) mass is 315 g/mol. The fourth-order valence-corrected chi connectivity index (χ4v) is 2.63. The first-order valence-electron chi connectivity index (χ1n) is 7.80. The molecule has 0 radical (unpaired) electrons. The molecule has 1 atom stereocenters. The lowest BCUT2D eigenvalue weighted by molar-refractivity contribution is 0.0933. The van der Waals surface area contributed by atoms with Crippen LogP contribution in [0.3, 0.4) is 0 Å². The van der Waals surface area contributed by atoms with Crippen molar-refractivity contribution in [1.82, 2.24) is 10.3 Å². The molecule has 0 aromatic carbocycles. The second-order valence-electron chi connectivity index (χ2n) is 5.62. The summed E-state index contributed by atoms with van der Waals surface area (Å²) in [6.07, 6.45) is 1.71. The van der Waals surface area contributed by atoms with Crippen LogP contribution in [0, 0.1) is 6.92 Å². The number of hydrogen-bond acceptors (Lipinski definition) is 5. The number of rotatable bonds is 4. The zero-order chi connectivity index (χ0) is 16.2. The van der Waals surface area contributed by atoms with Gasteiger partial charge in [0, 0.05) is 19.3 Å². The Morgan fingerprint density at radius 1 is 1.30 bits per heavy atom. The summed E-state index contributed by atoms with van der Waals surface area (Å²) in [5.41, 5.74) is 0.574. The fourth-order valence-electron chi connectivity index (χ4n) is 2.63. The van der Waals surface area contributed by atoms with Crippen LogP contribution >= 0.6 is 0 Å². The molecule has 3 rings (SSSR count). The Morgan fingerprint density at radius 2 is 2.09 bits per heavy atom. The average Bonchev–Trinajstić information content (AvgIpc) is 3.02. The Morgan fingerprint density at radius 3 is 2.78 bits per heavy atom. The Balaban J connectivity index is 1.76. The molecule has 0 bridgehead atoms. The molecular weight excluding hydrogens is 294 g/mol. The van der Waals surface area contributed by atoms with Crippen LogP contribution in [0.15, 0.2) is 34.9 Å². The summed E-state index contributed by atoms with van der Waals surface area (Å²) in [6, 6.07) is 7.15. The van der Waals surface area contributed by atoms with Gasteiger partial charge in [-0.3, -0.25) is 4.79 Å². The number of ether oxygens (including phenoxy) is 1. The van der Waals surface area contributed by atoms with Gasteiger partial charge in [0.2, 0.25) is 0 Å². The van der Waals surface area contributed by atoms with E-state index in [1.807, 2.05) is 26.0 Å². The lowest BCUT2D eigenvalue weighted by Gasteiger charge is -2.29. The van der Waals surface area contributed by atoms with Crippen molar-refractivity contribution in [3.63, 3.8) is 0 Å². The number of aromatic nitrogens is 1. The zero-order valence-electron chi connectivity index (χ0n) is 13.4. The van der Waals surface area contributed by atoms with Crippen LogP contribution < -0.4 is 10.2 Å². The molecule has 2 aromatic heterocycles. The molecule has 0 aliphatic carbocycles. The van der Waals surface area contributed by atoms with E-state index >= 15 is 0 Å². The minimum absolute atomic E-state index is 0.152. The van der Waals surface area contributed by atoms with E-state index in [4.69, 9.17) is 9.15 Å². The standard InChI is InChI=1S/C17H21N3O3/c1-12-5-6-15(23-12)13(2)19-17(21)14-4-3-7-18-16(14)20-8-10-22-11-9-20/h3-7,13H,8-11H2,1-2H3,(H,19,21). The van der Waals surface area contributed by atoms with Crippen molar-refractivity contribution in [2.75, 3.05) is 31.2 Å². The summed E-state index contributed by atoms with van der Waals surface area (Å²) >= 11 is 0. The number of carbonyl (C=O) groups excluding carboxylic acids is 1. The molecule has 1 fully saturated rings. The van der Waals surface area contributed by atoms with Crippen molar-refractivity contribution in [3.05, 3.63) is 47.5 Å². The van der Waals surface area contributed by atoms with Crippen molar-refractivity contribution >= 4 is 11.7 Å². The summed E-state index contributed by atoms with van der Waals surface area (Å²) in [5, 5.41) is 2.97. The summed E-state index contributed by atoms with van der Waals surface area (Å²) in [4.78, 5) is 19.1. The lowest BCUT2D eigenvalue weighted by Crippen LogP contribution is -2.38. The highest BCUT2D eigenvalue weighted by molar-refractivity contribution is 5.99. The molecule has 3 heterocycles. The van der Waals surface area contributed by atoms with Gasteiger partial charge in [0.15, 0.2) is 0 Å². The number of carbonyl (C=O) groups is 1. The third kappa shape index (κ3) is 3.53. The Kier molecular flexibility index (Phi) is 4.62. The van der Waals surface area contributed by atoms with Crippen molar-refractivity contribution in [1.29, 1.82) is 0 Å². The minimum Gasteiger partial charge on any atom is -0.464 e. The normalized spacial score (nSPS) is 16.2. The van der Waals surface area contributed by atoms with Gasteiger partial charge in [-0.25, -0.2) is 4.98 Å². The smallest absolute Gasteiger partial charge is 0.255 e. The van der Waals surface area contributed by atoms with E-state index in [2.05, 4.69) is 15.2 Å². The second-order valence-corrected chi connectivity index (χ2v) is 5.62. The van der Waals surface area contributed by atoms with Crippen LogP contribution in [-0.4, -0.2) is 37.2 Å². The summed E-state index contributed by atoms with van der Waals surface area (Å²) in [5.74, 6) is 2.13. The molecule has 1 aliphatic rings. The van der Waals surface area contributed by atoms with Crippen molar-refractivity contribution in [2.24, 2.45) is 0 Å². The molecule has 6 nitrogen and oxygen atoms in total. The first-order valence-corrected chi connectivity index (χ1v) is 7.80. The molecule has 0 saturated carbocycles. The van der Waals surface area contributed by atoms with Crippen LogP contribution in [-0.2, 0) is 4.74 Å². The van der Waals surface area contributed by atoms with Crippen LogP contribution in [0.25, 0.3) is 0 Å². The van der Waals surface area contributed by atoms with E-state index in [1.54, 1.807) is 18.3 Å². The van der Waals surface area contributed by atoms with Crippen LogP contribution in [0.5, 0.6) is 0 Å². The number of nitrogens with one attached hydrogen (secondary N) is 1. The molecule has 2 aromatic rings. The first-order chi connectivity index (χ1) is 11.1. The molecule has 0 spiro atoms. The maximum absolute atomic E-state index is 12.6. The average molecular weight is 315 g/mol. The second kappa shape index (κ2) is 6.83. The summed E-state index contributed by atoms with van der Waals surface area (Å²) < 4.78 is 10.9. The molecule has 1 aliphatic heterocycles. The lowest BCUT2D eigenvalue weighted by atomic mass is 10.2. The maximum Gasteiger partial charge on any atom is 0.255 e. The maximum atomic E-state index is 12.6. The van der Waals surface area contributed by atoms with Gasteiger partial charge < -0.3 is 19.4 Å². The van der Waals surface area contributed by atoms with Crippen molar-refractivity contribution < 1.29 is 13.9 Å². The van der Waals surface area contributed by atoms with E-state index in [0.717, 1.165) is 24.6 Å². The van der Waals surface area contributed by atoms with Gasteiger partial charge in [0.25, 0.3) is 5.91 Å². The van der Waals surface area contributed by atoms with Gasteiger partial charge in [0.05, 0.1) is 24.8 Å². The Bertz CT molecular complexity index is 677. The highest BCUT2D eigenvalue weighted by Gasteiger charge is 2.21. The number of morpholine rings is 1. The van der Waals surface area contributed by atoms with E-state index < -0.39 is 0 Å². The number of pyridine rings is 1. The van der Waals surface area contributed by atoms with E-state index in [1.165, 1.54) is 0 Å². The summed E-state index contributed by atoms with van der Waals surface area (Å²) in [7, 11) is 0. The van der Waals surface area contributed by atoms with Crippen molar-refractivity contribution in [3.8, 4) is 0 Å². The molecular formula is C17H21N3O3. The Labute approximate surface area is 135 Å². The predicted octanol–water partition coefficient (Wildman–Crippen LogP) is 2.31.